The van der Waals surface area contributed by atoms with Gasteiger partial charge in [0.1, 0.15) is 11.5 Å². The van der Waals surface area contributed by atoms with Crippen LogP contribution >= 0.6 is 15.9 Å². The van der Waals surface area contributed by atoms with E-state index in [1.54, 1.807) is 6.08 Å². The highest BCUT2D eigenvalue weighted by Gasteiger charge is 2.27. The fourth-order valence-corrected chi connectivity index (χ4v) is 2.75. The first-order valence-corrected chi connectivity index (χ1v) is 10.8. The van der Waals surface area contributed by atoms with Gasteiger partial charge in [-0.05, 0) is 76.6 Å². The fourth-order valence-electron chi connectivity index (χ4n) is 2.49. The first kappa shape index (κ1) is 24.5. The third kappa shape index (κ3) is 7.75. The second-order valence-electron chi connectivity index (χ2n) is 7.27. The number of aromatic nitrogens is 1. The molecule has 0 aliphatic heterocycles. The molecule has 0 aliphatic carbocycles. The maximum atomic E-state index is 11.0. The number of carbonyl (C=O) groups is 1. The summed E-state index contributed by atoms with van der Waals surface area (Å²) in [5.74, 6) is 1.08. The molecule has 0 saturated heterocycles. The number of aliphatic carboxylic acids is 1. The highest BCUT2D eigenvalue weighted by Crippen LogP contribution is 2.24. The van der Waals surface area contributed by atoms with E-state index in [9.17, 15) is 4.79 Å². The van der Waals surface area contributed by atoms with E-state index in [0.29, 0.717) is 25.3 Å². The van der Waals surface area contributed by atoms with Gasteiger partial charge in [-0.25, -0.2) is 9.78 Å². The Morgan fingerprint density at radius 3 is 2.65 bits per heavy atom. The van der Waals surface area contributed by atoms with E-state index < -0.39 is 11.6 Å². The molecule has 1 aromatic heterocycles. The van der Waals surface area contributed by atoms with Gasteiger partial charge in [0.05, 0.1) is 18.6 Å². The molecule has 0 radical (unpaired) electrons. The normalized spacial score (nSPS) is 12.6. The molecule has 7 heteroatoms. The number of ether oxygens (including phenoxy) is 2. The molecule has 0 saturated carbocycles. The Kier molecular flexibility index (Phi) is 9.12. The van der Waals surface area contributed by atoms with Gasteiger partial charge in [-0.15, -0.1) is 0 Å². The van der Waals surface area contributed by atoms with Gasteiger partial charge in [0.25, 0.3) is 0 Å². The minimum absolute atomic E-state index is 0.454. The van der Waals surface area contributed by atoms with Crippen LogP contribution in [-0.2, 0) is 20.7 Å². The van der Waals surface area contributed by atoms with Crippen LogP contribution in [0, 0.1) is 6.92 Å². The summed E-state index contributed by atoms with van der Waals surface area (Å²) in [5, 5.41) is 9.03. The van der Waals surface area contributed by atoms with E-state index in [0.717, 1.165) is 27.2 Å². The van der Waals surface area contributed by atoms with Gasteiger partial charge in [0.15, 0.2) is 5.60 Å². The van der Waals surface area contributed by atoms with Crippen molar-refractivity contribution in [2.45, 2.75) is 46.1 Å². The Morgan fingerprint density at radius 1 is 1.29 bits per heavy atom. The van der Waals surface area contributed by atoms with E-state index in [1.165, 1.54) is 20.1 Å². The van der Waals surface area contributed by atoms with Crippen LogP contribution in [0.25, 0.3) is 11.5 Å². The van der Waals surface area contributed by atoms with Crippen molar-refractivity contribution in [3.05, 3.63) is 76.5 Å². The smallest absolute Gasteiger partial charge is 0.347 e. The van der Waals surface area contributed by atoms with Crippen LogP contribution in [0.4, 0.5) is 0 Å². The summed E-state index contributed by atoms with van der Waals surface area (Å²) in [6.45, 7) is 7.26. The highest BCUT2D eigenvalue weighted by atomic mass is 79.9. The summed E-state index contributed by atoms with van der Waals surface area (Å²) in [7, 11) is 0. The van der Waals surface area contributed by atoms with Crippen LogP contribution in [0.1, 0.15) is 38.6 Å². The maximum Gasteiger partial charge on any atom is 0.347 e. The monoisotopic (exact) mass is 489 g/mol. The van der Waals surface area contributed by atoms with Crippen LogP contribution < -0.4 is 0 Å². The second-order valence-corrected chi connectivity index (χ2v) is 8.19. The highest BCUT2D eigenvalue weighted by molar-refractivity contribution is 9.10. The van der Waals surface area contributed by atoms with Crippen molar-refractivity contribution in [1.82, 2.24) is 4.98 Å². The predicted molar refractivity (Wildman–Crippen MR) is 123 cm³/mol. The molecule has 0 amide bonds. The van der Waals surface area contributed by atoms with Crippen molar-refractivity contribution < 1.29 is 23.8 Å². The molecule has 166 valence electrons. The van der Waals surface area contributed by atoms with Crippen molar-refractivity contribution in [3.63, 3.8) is 0 Å². The zero-order valence-electron chi connectivity index (χ0n) is 18.2. The Hall–Kier alpha value is -2.80. The summed E-state index contributed by atoms with van der Waals surface area (Å²) in [6.07, 6.45) is 9.98. The molecule has 1 aromatic carbocycles. The first-order valence-electron chi connectivity index (χ1n) is 9.97. The molecule has 0 aliphatic rings. The lowest BCUT2D eigenvalue weighted by atomic mass is 10.1. The van der Waals surface area contributed by atoms with Crippen molar-refractivity contribution in [3.8, 4) is 11.5 Å². The number of halogens is 1. The topological polar surface area (TPSA) is 81.8 Å². The van der Waals surface area contributed by atoms with E-state index in [1.807, 2.05) is 56.3 Å². The van der Waals surface area contributed by atoms with Gasteiger partial charge in [0, 0.05) is 16.5 Å². The molecule has 6 nitrogen and oxygen atoms in total. The lowest BCUT2D eigenvalue weighted by Gasteiger charge is -2.18. The standard InChI is InChI=1S/C24H28BrNO5/c1-5-8-20(9-6-7-15-30-24(3,4)23(27)28)29-16-14-21-17(2)31-22(26-21)18-10-12-19(25)13-11-18/h5,7-13,15H,6,14,16H2,1-4H3,(H,27,28)/b8-5-,15-7+,20-9?. The molecule has 0 atom stereocenters. The Morgan fingerprint density at radius 2 is 2.00 bits per heavy atom. The average Bonchev–Trinajstić information content (AvgIpc) is 3.08. The van der Waals surface area contributed by atoms with Crippen LogP contribution in [0.2, 0.25) is 0 Å². The number of allylic oxidation sites excluding steroid dienone is 4. The van der Waals surface area contributed by atoms with Gasteiger partial charge in [-0.3, -0.25) is 0 Å². The number of benzene rings is 1. The largest absolute Gasteiger partial charge is 0.494 e. The van der Waals surface area contributed by atoms with Gasteiger partial charge in [-0.2, -0.15) is 0 Å². The minimum atomic E-state index is -1.26. The van der Waals surface area contributed by atoms with E-state index in [-0.39, 0.29) is 0 Å². The zero-order chi connectivity index (χ0) is 22.9. The van der Waals surface area contributed by atoms with Crippen molar-refractivity contribution >= 4 is 21.9 Å². The van der Waals surface area contributed by atoms with Crippen molar-refractivity contribution in [1.29, 1.82) is 0 Å². The number of hydrogen-bond acceptors (Lipinski definition) is 5. The van der Waals surface area contributed by atoms with E-state index >= 15 is 0 Å². The van der Waals surface area contributed by atoms with Crippen LogP contribution in [0.15, 0.2) is 69.5 Å². The summed E-state index contributed by atoms with van der Waals surface area (Å²) >= 11 is 3.43. The molecule has 0 unspecified atom stereocenters. The zero-order valence-corrected chi connectivity index (χ0v) is 19.8. The second kappa shape index (κ2) is 11.6. The minimum Gasteiger partial charge on any atom is -0.494 e. The van der Waals surface area contributed by atoms with Crippen LogP contribution in [0.5, 0.6) is 0 Å². The number of oxazole rings is 1. The quantitative estimate of drug-likeness (QED) is 0.298. The van der Waals surface area contributed by atoms with Crippen LogP contribution in [-0.4, -0.2) is 28.3 Å². The lowest BCUT2D eigenvalue weighted by molar-refractivity contribution is -0.155. The molecule has 2 rings (SSSR count). The van der Waals surface area contributed by atoms with E-state index in [4.69, 9.17) is 19.0 Å². The van der Waals surface area contributed by atoms with Crippen molar-refractivity contribution in [2.24, 2.45) is 0 Å². The molecule has 0 bridgehead atoms. The number of rotatable bonds is 11. The Balaban J connectivity index is 1.90. The van der Waals surface area contributed by atoms with Gasteiger partial charge in [0.2, 0.25) is 5.89 Å². The third-order valence-corrected chi connectivity index (χ3v) is 4.88. The summed E-state index contributed by atoms with van der Waals surface area (Å²) < 4.78 is 17.9. The summed E-state index contributed by atoms with van der Waals surface area (Å²) in [6, 6.07) is 7.82. The maximum absolute atomic E-state index is 11.0. The molecule has 1 N–H and O–H groups in total. The summed E-state index contributed by atoms with van der Waals surface area (Å²) in [4.78, 5) is 15.6. The van der Waals surface area contributed by atoms with Gasteiger partial charge >= 0.3 is 5.97 Å². The molecular formula is C24H28BrNO5. The van der Waals surface area contributed by atoms with Gasteiger partial charge < -0.3 is 19.0 Å². The SMILES string of the molecule is C/C=C\C(=CC/C=C/OC(C)(C)C(=O)O)OCCc1nc(-c2ccc(Br)cc2)oc1C. The molecule has 0 fully saturated rings. The van der Waals surface area contributed by atoms with E-state index in [2.05, 4.69) is 20.9 Å². The predicted octanol–water partition coefficient (Wildman–Crippen LogP) is 6.22. The molecular weight excluding hydrogens is 462 g/mol. The third-order valence-electron chi connectivity index (χ3n) is 4.35. The lowest BCUT2D eigenvalue weighted by Crippen LogP contribution is -2.32. The summed E-state index contributed by atoms with van der Waals surface area (Å²) in [5.41, 5.74) is 0.531. The number of carboxylic acid groups (broad SMARTS) is 1. The van der Waals surface area contributed by atoms with Crippen molar-refractivity contribution in [2.75, 3.05) is 6.61 Å². The van der Waals surface area contributed by atoms with Crippen LogP contribution in [0.3, 0.4) is 0 Å². The number of nitrogens with zero attached hydrogens (tertiary/aromatic N) is 1. The fraction of sp³-hybridized carbons (Fsp3) is 0.333. The molecule has 2 aromatic rings. The van der Waals surface area contributed by atoms with Gasteiger partial charge in [-0.1, -0.05) is 22.0 Å². The average molecular weight is 490 g/mol. The molecule has 0 spiro atoms. The Bertz CT molecular complexity index is 955. The first-order chi connectivity index (χ1) is 14.7. The number of carboxylic acids is 1. The Labute approximate surface area is 191 Å². The number of aryl methyl sites for hydroxylation is 1. The number of hydrogen-bond donors (Lipinski definition) is 1. The molecule has 1 heterocycles. The molecule has 31 heavy (non-hydrogen) atoms.